The lowest BCUT2D eigenvalue weighted by atomic mass is 10.1. The maximum atomic E-state index is 12.7. The molecule has 0 radical (unpaired) electrons. The third-order valence-corrected chi connectivity index (χ3v) is 2.87. The first-order chi connectivity index (χ1) is 9.47. The molecule has 0 spiro atoms. The van der Waals surface area contributed by atoms with Crippen LogP contribution in [0.2, 0.25) is 5.02 Å². The van der Waals surface area contributed by atoms with Crippen LogP contribution in [0.3, 0.4) is 0 Å². The van der Waals surface area contributed by atoms with Crippen LogP contribution in [0.1, 0.15) is 16.8 Å². The van der Waals surface area contributed by atoms with Gasteiger partial charge in [0.2, 0.25) is 0 Å². The summed E-state index contributed by atoms with van der Waals surface area (Å²) in [6, 6.07) is 5.16. The van der Waals surface area contributed by atoms with Crippen molar-refractivity contribution in [3.8, 4) is 0 Å². The number of benzene rings is 1. The molecule has 0 aliphatic heterocycles. The van der Waals surface area contributed by atoms with Crippen molar-refractivity contribution in [2.45, 2.75) is 13.0 Å². The molecule has 1 heterocycles. The van der Waals surface area contributed by atoms with Gasteiger partial charge in [0.05, 0.1) is 17.8 Å². The minimum absolute atomic E-state index is 0.0794. The molecule has 0 saturated heterocycles. The van der Waals surface area contributed by atoms with Gasteiger partial charge < -0.3 is 10.1 Å². The van der Waals surface area contributed by atoms with Crippen molar-refractivity contribution < 1.29 is 14.1 Å². The third-order valence-electron chi connectivity index (χ3n) is 2.61. The van der Waals surface area contributed by atoms with Crippen LogP contribution in [0.5, 0.6) is 0 Å². The van der Waals surface area contributed by atoms with Crippen molar-refractivity contribution in [2.24, 2.45) is 0 Å². The molecule has 0 saturated carbocycles. The van der Waals surface area contributed by atoms with E-state index in [1.54, 1.807) is 0 Å². The van der Waals surface area contributed by atoms with Gasteiger partial charge in [-0.15, -0.1) is 0 Å². The van der Waals surface area contributed by atoms with Crippen LogP contribution in [0.15, 0.2) is 30.5 Å². The maximum Gasteiger partial charge on any atom is 0.408 e. The average molecular weight is 298 g/mol. The smallest absolute Gasteiger partial charge is 0.358 e. The Morgan fingerprint density at radius 1 is 1.40 bits per heavy atom. The number of nitro groups is 1. The van der Waals surface area contributed by atoms with Crippen molar-refractivity contribution in [1.82, 2.24) is 9.78 Å². The molecule has 0 fully saturated rings. The van der Waals surface area contributed by atoms with Gasteiger partial charge in [-0.2, -0.15) is 4.68 Å². The van der Waals surface area contributed by atoms with Crippen LogP contribution in [-0.2, 0) is 6.54 Å². The van der Waals surface area contributed by atoms with Crippen LogP contribution in [0.25, 0.3) is 0 Å². The first-order valence-electron chi connectivity index (χ1n) is 5.63. The largest absolute Gasteiger partial charge is 0.408 e. The van der Waals surface area contributed by atoms with Gasteiger partial charge in [0.1, 0.15) is 5.82 Å². The number of aryl methyl sites for hydroxylation is 1. The molecule has 0 aliphatic rings. The van der Waals surface area contributed by atoms with Gasteiger partial charge in [-0.1, -0.05) is 11.6 Å². The van der Waals surface area contributed by atoms with Crippen molar-refractivity contribution in [3.63, 3.8) is 0 Å². The summed E-state index contributed by atoms with van der Waals surface area (Å²) >= 11 is 5.64. The summed E-state index contributed by atoms with van der Waals surface area (Å²) in [5.74, 6) is -1.07. The average Bonchev–Trinajstić information content (AvgIpc) is 2.78. The second kappa shape index (κ2) is 5.79. The summed E-state index contributed by atoms with van der Waals surface area (Å²) < 4.78 is 14.0. The van der Waals surface area contributed by atoms with Gasteiger partial charge in [0, 0.05) is 12.0 Å². The second-order valence-corrected chi connectivity index (χ2v) is 4.41. The molecule has 6 nitrogen and oxygen atoms in total. The second-order valence-electron chi connectivity index (χ2n) is 4.00. The van der Waals surface area contributed by atoms with Gasteiger partial charge >= 0.3 is 5.82 Å². The summed E-state index contributed by atoms with van der Waals surface area (Å²) in [5, 5.41) is 14.2. The van der Waals surface area contributed by atoms with Crippen molar-refractivity contribution in [2.75, 3.05) is 0 Å². The van der Waals surface area contributed by atoms with Crippen molar-refractivity contribution >= 4 is 23.2 Å². The molecule has 8 heteroatoms. The number of halogens is 2. The molecule has 2 aromatic rings. The first-order valence-corrected chi connectivity index (χ1v) is 6.01. The lowest BCUT2D eigenvalue weighted by Crippen LogP contribution is -2.07. The van der Waals surface area contributed by atoms with E-state index in [0.717, 1.165) is 0 Å². The highest BCUT2D eigenvalue weighted by Gasteiger charge is 2.19. The van der Waals surface area contributed by atoms with Crippen molar-refractivity contribution in [1.29, 1.82) is 0 Å². The Bertz CT molecular complexity index is 654. The van der Waals surface area contributed by atoms with Gasteiger partial charge in [0.25, 0.3) is 0 Å². The normalized spacial score (nSPS) is 10.5. The highest BCUT2D eigenvalue weighted by atomic mass is 35.5. The molecule has 0 bridgehead atoms. The molecule has 104 valence electrons. The van der Waals surface area contributed by atoms with Crippen LogP contribution in [-0.4, -0.2) is 20.5 Å². The highest BCUT2D eigenvalue weighted by Crippen LogP contribution is 2.21. The molecule has 2 rings (SSSR count). The van der Waals surface area contributed by atoms with Gasteiger partial charge in [-0.05, 0) is 29.2 Å². The van der Waals surface area contributed by atoms with E-state index in [0.29, 0.717) is 5.56 Å². The Labute approximate surface area is 117 Å². The fourth-order valence-corrected chi connectivity index (χ4v) is 1.84. The standard InChI is InChI=1S/C12H9ClFN3O3/c13-10-7-16(15-12(10)17(19)20)6-5-11(18)8-1-3-9(14)4-2-8/h1-4,7H,5-6H2. The van der Waals surface area contributed by atoms with Gasteiger partial charge in [0.15, 0.2) is 10.8 Å². The number of carbonyl (C=O) groups excluding carboxylic acids is 1. The van der Waals surface area contributed by atoms with Crippen LogP contribution in [0, 0.1) is 15.9 Å². The Morgan fingerprint density at radius 2 is 2.05 bits per heavy atom. The summed E-state index contributed by atoms with van der Waals surface area (Å²) in [7, 11) is 0. The number of hydrogen-bond donors (Lipinski definition) is 0. The lowest BCUT2D eigenvalue weighted by Gasteiger charge is -1.99. The highest BCUT2D eigenvalue weighted by molar-refractivity contribution is 6.32. The predicted octanol–water partition coefficient (Wildman–Crippen LogP) is 2.86. The zero-order valence-electron chi connectivity index (χ0n) is 10.1. The third kappa shape index (κ3) is 3.18. The van der Waals surface area contributed by atoms with E-state index in [2.05, 4.69) is 5.10 Å². The van der Waals surface area contributed by atoms with Crippen molar-refractivity contribution in [3.05, 3.63) is 57.0 Å². The zero-order chi connectivity index (χ0) is 14.7. The van der Waals surface area contributed by atoms with E-state index >= 15 is 0 Å². The Morgan fingerprint density at radius 3 is 2.60 bits per heavy atom. The summed E-state index contributed by atoms with van der Waals surface area (Å²) in [6.07, 6.45) is 1.37. The number of hydrogen-bond acceptors (Lipinski definition) is 4. The van der Waals surface area contributed by atoms with Gasteiger partial charge in [-0.25, -0.2) is 4.39 Å². The maximum absolute atomic E-state index is 12.7. The van der Waals surface area contributed by atoms with E-state index in [1.807, 2.05) is 0 Å². The van der Waals surface area contributed by atoms with Gasteiger partial charge in [-0.3, -0.25) is 4.79 Å². The molecule has 0 unspecified atom stereocenters. The summed E-state index contributed by atoms with van der Waals surface area (Å²) in [6.45, 7) is 0.157. The Kier molecular flexibility index (Phi) is 4.09. The quantitative estimate of drug-likeness (QED) is 0.483. The molecule has 1 aromatic heterocycles. The van der Waals surface area contributed by atoms with E-state index < -0.39 is 16.6 Å². The monoisotopic (exact) mass is 297 g/mol. The Balaban J connectivity index is 2.01. The minimum Gasteiger partial charge on any atom is -0.358 e. The fraction of sp³-hybridized carbons (Fsp3) is 0.167. The molecule has 20 heavy (non-hydrogen) atoms. The van der Waals surface area contributed by atoms with Crippen LogP contribution < -0.4 is 0 Å². The molecular weight excluding hydrogens is 289 g/mol. The van der Waals surface area contributed by atoms with E-state index in [1.165, 1.54) is 35.1 Å². The fourth-order valence-electron chi connectivity index (χ4n) is 1.62. The molecule has 0 atom stereocenters. The zero-order valence-corrected chi connectivity index (χ0v) is 10.9. The van der Waals surface area contributed by atoms with Crippen LogP contribution >= 0.6 is 11.6 Å². The minimum atomic E-state index is -0.694. The molecule has 0 aliphatic carbocycles. The number of ketones is 1. The van der Waals surface area contributed by atoms with Crippen LogP contribution in [0.4, 0.5) is 10.2 Å². The number of nitrogens with zero attached hydrogens (tertiary/aromatic N) is 3. The number of rotatable bonds is 5. The van der Waals surface area contributed by atoms with E-state index in [4.69, 9.17) is 11.6 Å². The van der Waals surface area contributed by atoms with E-state index in [-0.39, 0.29) is 23.8 Å². The molecule has 1 aromatic carbocycles. The molecular formula is C12H9ClFN3O3. The topological polar surface area (TPSA) is 78.0 Å². The molecule has 0 N–H and O–H groups in total. The summed E-state index contributed by atoms with van der Waals surface area (Å²) in [4.78, 5) is 21.7. The number of aromatic nitrogens is 2. The van der Waals surface area contributed by atoms with E-state index in [9.17, 15) is 19.3 Å². The lowest BCUT2D eigenvalue weighted by molar-refractivity contribution is -0.389. The SMILES string of the molecule is O=C(CCn1cc(Cl)c([N+](=O)[O-])n1)c1ccc(F)cc1. The summed E-state index contributed by atoms with van der Waals surface area (Å²) in [5.41, 5.74) is 0.374. The first kappa shape index (κ1) is 14.1. The number of carbonyl (C=O) groups is 1. The number of Topliss-reactive ketones (excluding diaryl/α,β-unsaturated/α-hetero) is 1. The molecule has 0 amide bonds. The Hall–Kier alpha value is -2.28. The predicted molar refractivity (Wildman–Crippen MR) is 69.2 cm³/mol.